The number of likely N-dealkylation sites (tertiary alicyclic amines) is 1. The van der Waals surface area contributed by atoms with E-state index in [-0.39, 0.29) is 18.2 Å². The van der Waals surface area contributed by atoms with E-state index < -0.39 is 5.97 Å². The number of hydrogen-bond acceptors (Lipinski definition) is 3. The molecule has 0 bridgehead atoms. The molecule has 1 saturated heterocycles. The lowest BCUT2D eigenvalue weighted by Gasteiger charge is -2.18. The molecule has 1 aliphatic heterocycles. The molecule has 2 rings (SSSR count). The van der Waals surface area contributed by atoms with Gasteiger partial charge in [-0.15, -0.1) is 0 Å². The smallest absolute Gasteiger partial charge is 0.303 e. The highest BCUT2D eigenvalue weighted by molar-refractivity contribution is 6.31. The highest BCUT2D eigenvalue weighted by atomic mass is 35.5. The molecule has 6 heteroatoms. The summed E-state index contributed by atoms with van der Waals surface area (Å²) in [6.07, 6.45) is 1.58. The predicted molar refractivity (Wildman–Crippen MR) is 78.9 cm³/mol. The molecule has 1 unspecified atom stereocenters. The lowest BCUT2D eigenvalue weighted by Crippen LogP contribution is -2.29. The van der Waals surface area contributed by atoms with E-state index in [9.17, 15) is 9.59 Å². The lowest BCUT2D eigenvalue weighted by atomic mass is 10.0. The van der Waals surface area contributed by atoms with Crippen LogP contribution >= 0.6 is 11.6 Å². The summed E-state index contributed by atoms with van der Waals surface area (Å²) < 4.78 is 5.20. The maximum atomic E-state index is 12.5. The second-order valence-electron chi connectivity index (χ2n) is 5.18. The van der Waals surface area contributed by atoms with Gasteiger partial charge in [0.25, 0.3) is 5.91 Å². The van der Waals surface area contributed by atoms with Crippen molar-refractivity contribution in [1.29, 1.82) is 0 Å². The molecule has 1 aromatic rings. The molecular formula is C15H18ClNO4. The van der Waals surface area contributed by atoms with Gasteiger partial charge in [0.2, 0.25) is 0 Å². The first-order valence-corrected chi connectivity index (χ1v) is 7.23. The molecule has 1 amide bonds. The van der Waals surface area contributed by atoms with E-state index in [4.69, 9.17) is 21.4 Å². The van der Waals surface area contributed by atoms with Crippen molar-refractivity contribution in [3.05, 3.63) is 28.8 Å². The molecular weight excluding hydrogens is 294 g/mol. The molecule has 1 aromatic carbocycles. The Kier molecular flexibility index (Phi) is 5.07. The zero-order valence-electron chi connectivity index (χ0n) is 11.8. The third kappa shape index (κ3) is 3.88. The van der Waals surface area contributed by atoms with Crippen LogP contribution in [-0.4, -0.2) is 42.1 Å². The largest absolute Gasteiger partial charge is 0.496 e. The summed E-state index contributed by atoms with van der Waals surface area (Å²) in [4.78, 5) is 24.9. The minimum atomic E-state index is -0.795. The number of ether oxygens (including phenoxy) is 1. The Morgan fingerprint density at radius 3 is 2.90 bits per heavy atom. The number of benzene rings is 1. The van der Waals surface area contributed by atoms with Gasteiger partial charge in [-0.3, -0.25) is 9.59 Å². The average molecular weight is 312 g/mol. The van der Waals surface area contributed by atoms with Crippen molar-refractivity contribution in [2.45, 2.75) is 19.3 Å². The number of halogens is 1. The highest BCUT2D eigenvalue weighted by Gasteiger charge is 2.28. The molecule has 21 heavy (non-hydrogen) atoms. The van der Waals surface area contributed by atoms with E-state index >= 15 is 0 Å². The van der Waals surface area contributed by atoms with Crippen LogP contribution in [-0.2, 0) is 4.79 Å². The molecule has 1 aliphatic rings. The molecule has 0 saturated carbocycles. The summed E-state index contributed by atoms with van der Waals surface area (Å²) in [7, 11) is 1.51. The van der Waals surface area contributed by atoms with Gasteiger partial charge >= 0.3 is 5.97 Å². The van der Waals surface area contributed by atoms with Gasteiger partial charge in [0.15, 0.2) is 0 Å². The van der Waals surface area contributed by atoms with Crippen LogP contribution in [0.1, 0.15) is 29.6 Å². The van der Waals surface area contributed by atoms with Gasteiger partial charge in [0.1, 0.15) is 5.75 Å². The zero-order chi connectivity index (χ0) is 15.4. The Morgan fingerprint density at radius 2 is 2.24 bits per heavy atom. The van der Waals surface area contributed by atoms with Crippen molar-refractivity contribution in [3.8, 4) is 5.75 Å². The maximum absolute atomic E-state index is 12.5. The average Bonchev–Trinajstić information content (AvgIpc) is 2.93. The number of amides is 1. The second kappa shape index (κ2) is 6.80. The molecule has 0 aromatic heterocycles. The third-order valence-corrected chi connectivity index (χ3v) is 3.97. The Balaban J connectivity index is 2.04. The summed E-state index contributed by atoms with van der Waals surface area (Å²) in [5, 5.41) is 9.20. The number of aliphatic carboxylic acids is 1. The van der Waals surface area contributed by atoms with Gasteiger partial charge < -0.3 is 14.7 Å². The van der Waals surface area contributed by atoms with Crippen molar-refractivity contribution < 1.29 is 19.4 Å². The SMILES string of the molecule is COc1ccc(Cl)cc1C(=O)N1CCC(CCC(=O)O)C1. The molecule has 1 atom stereocenters. The number of nitrogens with zero attached hydrogens (tertiary/aromatic N) is 1. The van der Waals surface area contributed by atoms with E-state index in [0.29, 0.717) is 35.8 Å². The van der Waals surface area contributed by atoms with Crippen LogP contribution in [0.2, 0.25) is 5.02 Å². The van der Waals surface area contributed by atoms with Crippen LogP contribution in [0.4, 0.5) is 0 Å². The van der Waals surface area contributed by atoms with E-state index in [1.807, 2.05) is 0 Å². The van der Waals surface area contributed by atoms with E-state index in [1.165, 1.54) is 7.11 Å². The summed E-state index contributed by atoms with van der Waals surface area (Å²) >= 11 is 5.95. The standard InChI is InChI=1S/C15H18ClNO4/c1-21-13-4-3-11(16)8-12(13)15(20)17-7-6-10(9-17)2-5-14(18)19/h3-4,8,10H,2,5-7,9H2,1H3,(H,18,19). The minimum Gasteiger partial charge on any atom is -0.496 e. The van der Waals surface area contributed by atoms with E-state index in [2.05, 4.69) is 0 Å². The topological polar surface area (TPSA) is 66.8 Å². The molecule has 114 valence electrons. The molecule has 5 nitrogen and oxygen atoms in total. The molecule has 0 radical (unpaired) electrons. The minimum absolute atomic E-state index is 0.118. The van der Waals surface area contributed by atoms with Crippen molar-refractivity contribution in [3.63, 3.8) is 0 Å². The monoisotopic (exact) mass is 311 g/mol. The Hall–Kier alpha value is -1.75. The number of hydrogen-bond donors (Lipinski definition) is 1. The van der Waals surface area contributed by atoms with Crippen LogP contribution < -0.4 is 4.74 Å². The van der Waals surface area contributed by atoms with E-state index in [1.54, 1.807) is 23.1 Å². The van der Waals surface area contributed by atoms with Crippen LogP contribution in [0.3, 0.4) is 0 Å². The van der Waals surface area contributed by atoms with E-state index in [0.717, 1.165) is 6.42 Å². The van der Waals surface area contributed by atoms with Crippen LogP contribution in [0.5, 0.6) is 5.75 Å². The van der Waals surface area contributed by atoms with Crippen LogP contribution in [0.15, 0.2) is 18.2 Å². The van der Waals surface area contributed by atoms with Crippen LogP contribution in [0, 0.1) is 5.92 Å². The van der Waals surface area contributed by atoms with Crippen molar-refractivity contribution in [1.82, 2.24) is 4.90 Å². The van der Waals surface area contributed by atoms with Gasteiger partial charge in [-0.05, 0) is 37.0 Å². The first kappa shape index (κ1) is 15.6. The third-order valence-electron chi connectivity index (χ3n) is 3.73. The Bertz CT molecular complexity index is 546. The molecule has 0 spiro atoms. The number of carbonyl (C=O) groups excluding carboxylic acids is 1. The summed E-state index contributed by atoms with van der Waals surface area (Å²) in [5.41, 5.74) is 0.448. The fraction of sp³-hybridized carbons (Fsp3) is 0.467. The molecule has 1 N–H and O–H groups in total. The number of methoxy groups -OCH3 is 1. The first-order valence-electron chi connectivity index (χ1n) is 6.86. The van der Waals surface area contributed by atoms with Gasteiger partial charge in [-0.1, -0.05) is 11.6 Å². The quantitative estimate of drug-likeness (QED) is 0.908. The molecule has 1 heterocycles. The summed E-state index contributed by atoms with van der Waals surface area (Å²) in [5.74, 6) is -0.169. The summed E-state index contributed by atoms with van der Waals surface area (Å²) in [6, 6.07) is 4.96. The number of carboxylic acid groups (broad SMARTS) is 1. The maximum Gasteiger partial charge on any atom is 0.303 e. The van der Waals surface area contributed by atoms with Gasteiger partial charge in [-0.2, -0.15) is 0 Å². The fourth-order valence-electron chi connectivity index (χ4n) is 2.60. The van der Waals surface area contributed by atoms with Crippen molar-refractivity contribution in [2.75, 3.05) is 20.2 Å². The Morgan fingerprint density at radius 1 is 1.48 bits per heavy atom. The lowest BCUT2D eigenvalue weighted by molar-refractivity contribution is -0.137. The van der Waals surface area contributed by atoms with Gasteiger partial charge in [0.05, 0.1) is 12.7 Å². The van der Waals surface area contributed by atoms with Crippen molar-refractivity contribution in [2.24, 2.45) is 5.92 Å². The zero-order valence-corrected chi connectivity index (χ0v) is 12.6. The molecule has 0 aliphatic carbocycles. The highest BCUT2D eigenvalue weighted by Crippen LogP contribution is 2.28. The predicted octanol–water partition coefficient (Wildman–Crippen LogP) is 2.68. The van der Waals surface area contributed by atoms with Crippen LogP contribution in [0.25, 0.3) is 0 Å². The normalized spacial score (nSPS) is 17.8. The Labute approximate surface area is 128 Å². The second-order valence-corrected chi connectivity index (χ2v) is 5.62. The molecule has 1 fully saturated rings. The number of carbonyl (C=O) groups is 2. The number of rotatable bonds is 5. The number of carboxylic acids is 1. The van der Waals surface area contributed by atoms with Crippen molar-refractivity contribution >= 4 is 23.5 Å². The fourth-order valence-corrected chi connectivity index (χ4v) is 2.77. The summed E-state index contributed by atoms with van der Waals surface area (Å²) in [6.45, 7) is 1.22. The van der Waals surface area contributed by atoms with Gasteiger partial charge in [-0.25, -0.2) is 0 Å². The van der Waals surface area contributed by atoms with Gasteiger partial charge in [0, 0.05) is 24.5 Å². The first-order chi connectivity index (χ1) is 10.0.